The first kappa shape index (κ1) is 18.7. The summed E-state index contributed by atoms with van der Waals surface area (Å²) in [5.74, 6) is -0.266. The van der Waals surface area contributed by atoms with Crippen LogP contribution in [-0.2, 0) is 16.0 Å². The fraction of sp³-hybridized carbons (Fsp3) is 0.435. The predicted octanol–water partition coefficient (Wildman–Crippen LogP) is 4.14. The van der Waals surface area contributed by atoms with Crippen LogP contribution in [0, 0.1) is 0 Å². The molecule has 28 heavy (non-hydrogen) atoms. The normalized spacial score (nSPS) is 17.3. The van der Waals surface area contributed by atoms with Gasteiger partial charge in [0.15, 0.2) is 5.78 Å². The van der Waals surface area contributed by atoms with Gasteiger partial charge in [0.25, 0.3) is 0 Å². The van der Waals surface area contributed by atoms with E-state index in [4.69, 9.17) is 0 Å². The van der Waals surface area contributed by atoms with E-state index in [1.165, 1.54) is 19.3 Å². The molecule has 146 valence electrons. The van der Waals surface area contributed by atoms with Crippen molar-refractivity contribution in [1.82, 2.24) is 5.32 Å². The van der Waals surface area contributed by atoms with E-state index in [2.05, 4.69) is 10.6 Å². The SMILES string of the molecule is O=C1CC(=O)c2c(ccc3cccc(CCCC(=O)NC4CCCCC4)c23)N1. The number of Topliss-reactive ketones (excluding diaryl/α,β-unsaturated/α-hetero) is 1. The third kappa shape index (κ3) is 3.93. The highest BCUT2D eigenvalue weighted by molar-refractivity contribution is 6.24. The van der Waals surface area contributed by atoms with Crippen LogP contribution in [-0.4, -0.2) is 23.6 Å². The lowest BCUT2D eigenvalue weighted by molar-refractivity contribution is -0.122. The van der Waals surface area contributed by atoms with Crippen LogP contribution in [0.25, 0.3) is 10.8 Å². The largest absolute Gasteiger partial charge is 0.353 e. The predicted molar refractivity (Wildman–Crippen MR) is 109 cm³/mol. The van der Waals surface area contributed by atoms with E-state index >= 15 is 0 Å². The molecule has 2 N–H and O–H groups in total. The number of aryl methyl sites for hydroxylation is 1. The molecule has 0 aromatic heterocycles. The molecule has 1 fully saturated rings. The number of anilines is 1. The number of hydrogen-bond acceptors (Lipinski definition) is 3. The maximum Gasteiger partial charge on any atom is 0.232 e. The van der Waals surface area contributed by atoms with Gasteiger partial charge in [-0.25, -0.2) is 0 Å². The van der Waals surface area contributed by atoms with Crippen LogP contribution in [0.3, 0.4) is 0 Å². The van der Waals surface area contributed by atoms with Gasteiger partial charge in [-0.2, -0.15) is 0 Å². The molecule has 0 radical (unpaired) electrons. The van der Waals surface area contributed by atoms with Gasteiger partial charge in [0.1, 0.15) is 0 Å². The molecule has 0 atom stereocenters. The molecular formula is C23H26N2O3. The molecule has 2 aliphatic rings. The van der Waals surface area contributed by atoms with Crippen molar-refractivity contribution in [2.24, 2.45) is 0 Å². The number of benzene rings is 2. The van der Waals surface area contributed by atoms with E-state index in [9.17, 15) is 14.4 Å². The van der Waals surface area contributed by atoms with Crippen molar-refractivity contribution < 1.29 is 14.4 Å². The van der Waals surface area contributed by atoms with Crippen molar-refractivity contribution in [2.75, 3.05) is 5.32 Å². The number of nitrogens with one attached hydrogen (secondary N) is 2. The van der Waals surface area contributed by atoms with Gasteiger partial charge in [-0.3, -0.25) is 14.4 Å². The van der Waals surface area contributed by atoms with Crippen LogP contribution >= 0.6 is 0 Å². The number of amides is 2. The Balaban J connectivity index is 1.48. The van der Waals surface area contributed by atoms with E-state index in [1.54, 1.807) is 6.07 Å². The van der Waals surface area contributed by atoms with Crippen molar-refractivity contribution >= 4 is 34.1 Å². The number of carbonyl (C=O) groups excluding carboxylic acids is 3. The van der Waals surface area contributed by atoms with Crippen molar-refractivity contribution in [3.63, 3.8) is 0 Å². The number of carbonyl (C=O) groups is 3. The van der Waals surface area contributed by atoms with Gasteiger partial charge in [0.05, 0.1) is 12.1 Å². The third-order valence-electron chi connectivity index (χ3n) is 5.83. The minimum atomic E-state index is -0.256. The first-order valence-electron chi connectivity index (χ1n) is 10.3. The first-order valence-corrected chi connectivity index (χ1v) is 10.3. The molecule has 0 spiro atoms. The number of hydrogen-bond donors (Lipinski definition) is 2. The lowest BCUT2D eigenvalue weighted by atomic mass is 9.90. The number of ketones is 1. The molecule has 2 amide bonds. The zero-order valence-corrected chi connectivity index (χ0v) is 16.1. The average molecular weight is 378 g/mol. The monoisotopic (exact) mass is 378 g/mol. The van der Waals surface area contributed by atoms with E-state index in [1.807, 2.05) is 24.3 Å². The lowest BCUT2D eigenvalue weighted by Gasteiger charge is -2.22. The summed E-state index contributed by atoms with van der Waals surface area (Å²) in [5.41, 5.74) is 2.26. The molecule has 5 nitrogen and oxygen atoms in total. The molecule has 0 bridgehead atoms. The first-order chi connectivity index (χ1) is 13.6. The van der Waals surface area contributed by atoms with Crippen molar-refractivity contribution in [1.29, 1.82) is 0 Å². The van der Waals surface area contributed by atoms with E-state index < -0.39 is 0 Å². The fourth-order valence-electron chi connectivity index (χ4n) is 4.47. The maximum absolute atomic E-state index is 12.5. The second-order valence-corrected chi connectivity index (χ2v) is 7.91. The highest BCUT2D eigenvalue weighted by atomic mass is 16.2. The third-order valence-corrected chi connectivity index (χ3v) is 5.83. The highest BCUT2D eigenvalue weighted by Gasteiger charge is 2.25. The molecule has 2 aromatic carbocycles. The summed E-state index contributed by atoms with van der Waals surface area (Å²) < 4.78 is 0. The Morgan fingerprint density at radius 3 is 2.71 bits per heavy atom. The Bertz CT molecular complexity index is 929. The fourth-order valence-corrected chi connectivity index (χ4v) is 4.47. The van der Waals surface area contributed by atoms with Crippen molar-refractivity contribution in [3.8, 4) is 0 Å². The maximum atomic E-state index is 12.5. The van der Waals surface area contributed by atoms with E-state index in [0.29, 0.717) is 23.7 Å². The van der Waals surface area contributed by atoms with E-state index in [-0.39, 0.29) is 24.0 Å². The summed E-state index contributed by atoms with van der Waals surface area (Å²) in [6.07, 6.45) is 7.72. The minimum absolute atomic E-state index is 0.107. The summed E-state index contributed by atoms with van der Waals surface area (Å²) in [4.78, 5) is 36.5. The molecule has 4 rings (SSSR count). The van der Waals surface area contributed by atoms with Crippen molar-refractivity contribution in [2.45, 2.75) is 63.8 Å². The summed E-state index contributed by atoms with van der Waals surface area (Å²) >= 11 is 0. The topological polar surface area (TPSA) is 75.3 Å². The van der Waals surface area contributed by atoms with Crippen LogP contribution in [0.5, 0.6) is 0 Å². The smallest absolute Gasteiger partial charge is 0.232 e. The summed E-state index contributed by atoms with van der Waals surface area (Å²) in [7, 11) is 0. The molecule has 2 aromatic rings. The van der Waals surface area contributed by atoms with Gasteiger partial charge in [-0.05, 0) is 48.1 Å². The Morgan fingerprint density at radius 2 is 1.89 bits per heavy atom. The van der Waals surface area contributed by atoms with Gasteiger partial charge in [-0.1, -0.05) is 43.5 Å². The Labute approximate surface area is 164 Å². The second-order valence-electron chi connectivity index (χ2n) is 7.91. The average Bonchev–Trinajstić information content (AvgIpc) is 2.68. The van der Waals surface area contributed by atoms with Crippen LogP contribution in [0.4, 0.5) is 5.69 Å². The van der Waals surface area contributed by atoms with Gasteiger partial charge < -0.3 is 10.6 Å². The summed E-state index contributed by atoms with van der Waals surface area (Å²) in [5, 5.41) is 7.88. The lowest BCUT2D eigenvalue weighted by Crippen LogP contribution is -2.36. The Morgan fingerprint density at radius 1 is 1.07 bits per heavy atom. The standard InChI is InChI=1S/C23H26N2O3/c26-19-14-21(28)25-18-13-12-16-7-4-6-15(22(16)23(18)19)8-5-11-20(27)24-17-9-2-1-3-10-17/h4,6-7,12-13,17H,1-3,5,8-11,14H2,(H,24,27)(H,25,28). The quantitative estimate of drug-likeness (QED) is 0.768. The van der Waals surface area contributed by atoms with E-state index in [0.717, 1.165) is 42.0 Å². The number of rotatable bonds is 5. The molecule has 1 heterocycles. The molecule has 1 aliphatic heterocycles. The van der Waals surface area contributed by atoms with Gasteiger partial charge in [0, 0.05) is 18.0 Å². The van der Waals surface area contributed by atoms with Gasteiger partial charge >= 0.3 is 0 Å². The zero-order valence-electron chi connectivity index (χ0n) is 16.1. The van der Waals surface area contributed by atoms with Crippen LogP contribution in [0.1, 0.15) is 67.3 Å². The molecule has 0 saturated heterocycles. The second kappa shape index (κ2) is 8.13. The highest BCUT2D eigenvalue weighted by Crippen LogP contribution is 2.33. The minimum Gasteiger partial charge on any atom is -0.353 e. The molecule has 1 aliphatic carbocycles. The Kier molecular flexibility index (Phi) is 5.42. The van der Waals surface area contributed by atoms with Crippen LogP contribution in [0.2, 0.25) is 0 Å². The summed E-state index contributed by atoms with van der Waals surface area (Å²) in [6.45, 7) is 0. The number of fused-ring (bicyclic) bond motifs is 3. The van der Waals surface area contributed by atoms with Gasteiger partial charge in [0.2, 0.25) is 11.8 Å². The molecule has 1 saturated carbocycles. The zero-order chi connectivity index (χ0) is 19.5. The van der Waals surface area contributed by atoms with Crippen LogP contribution in [0.15, 0.2) is 30.3 Å². The van der Waals surface area contributed by atoms with Gasteiger partial charge in [-0.15, -0.1) is 0 Å². The molecular weight excluding hydrogens is 352 g/mol. The summed E-state index contributed by atoms with van der Waals surface area (Å²) in [6, 6.07) is 10.1. The molecule has 5 heteroatoms. The Hall–Kier alpha value is -2.69. The van der Waals surface area contributed by atoms with Crippen LogP contribution < -0.4 is 10.6 Å². The molecule has 0 unspecified atom stereocenters. The van der Waals surface area contributed by atoms with Crippen molar-refractivity contribution in [3.05, 3.63) is 41.5 Å².